The number of benzene rings is 1. The Morgan fingerprint density at radius 3 is 2.50 bits per heavy atom. The molecule has 0 heterocycles. The van der Waals surface area contributed by atoms with Crippen molar-refractivity contribution in [1.29, 1.82) is 0 Å². The highest BCUT2D eigenvalue weighted by molar-refractivity contribution is 5.35. The third-order valence-electron chi connectivity index (χ3n) is 1.88. The number of ether oxygens (including phenoxy) is 1. The van der Waals surface area contributed by atoms with Crippen LogP contribution in [0.15, 0.2) is 24.3 Å². The van der Waals surface area contributed by atoms with E-state index in [1.165, 1.54) is 18.2 Å². The molecule has 0 saturated heterocycles. The van der Waals surface area contributed by atoms with Crippen molar-refractivity contribution in [3.05, 3.63) is 29.8 Å². The standard InChI is InChI=1S/C10H12F3NO2/c11-10(12,13)8-3-1-2-4-9(8)16-6-7(14)5-15/h1-4,7,15H,5-6,14H2. The summed E-state index contributed by atoms with van der Waals surface area (Å²) in [6.07, 6.45) is -4.46. The van der Waals surface area contributed by atoms with Crippen molar-refractivity contribution in [2.45, 2.75) is 12.2 Å². The van der Waals surface area contributed by atoms with E-state index in [9.17, 15) is 13.2 Å². The van der Waals surface area contributed by atoms with Crippen LogP contribution in [0, 0.1) is 0 Å². The third kappa shape index (κ3) is 3.39. The van der Waals surface area contributed by atoms with E-state index in [1.54, 1.807) is 0 Å². The lowest BCUT2D eigenvalue weighted by Gasteiger charge is -2.15. The first-order valence-corrected chi connectivity index (χ1v) is 4.60. The topological polar surface area (TPSA) is 55.5 Å². The number of halogens is 3. The molecule has 0 spiro atoms. The molecule has 1 aromatic carbocycles. The van der Waals surface area contributed by atoms with Crippen molar-refractivity contribution in [3.63, 3.8) is 0 Å². The number of rotatable bonds is 4. The van der Waals surface area contributed by atoms with E-state index in [0.717, 1.165) is 6.07 Å². The Morgan fingerprint density at radius 1 is 1.31 bits per heavy atom. The number of hydrogen-bond donors (Lipinski definition) is 2. The van der Waals surface area contributed by atoms with Gasteiger partial charge in [-0.25, -0.2) is 0 Å². The second kappa shape index (κ2) is 5.18. The largest absolute Gasteiger partial charge is 0.491 e. The fraction of sp³-hybridized carbons (Fsp3) is 0.400. The zero-order chi connectivity index (χ0) is 12.2. The first-order valence-electron chi connectivity index (χ1n) is 4.60. The Balaban J connectivity index is 2.80. The van der Waals surface area contributed by atoms with E-state index in [-0.39, 0.29) is 19.0 Å². The number of para-hydroxylation sites is 1. The highest BCUT2D eigenvalue weighted by atomic mass is 19.4. The van der Waals surface area contributed by atoms with Gasteiger partial charge in [-0.2, -0.15) is 13.2 Å². The molecular formula is C10H12F3NO2. The Morgan fingerprint density at radius 2 is 1.94 bits per heavy atom. The van der Waals surface area contributed by atoms with Crippen LogP contribution in [0.4, 0.5) is 13.2 Å². The molecule has 0 aliphatic heterocycles. The molecule has 0 aromatic heterocycles. The fourth-order valence-electron chi connectivity index (χ4n) is 1.08. The van der Waals surface area contributed by atoms with Gasteiger partial charge in [0.25, 0.3) is 0 Å². The molecule has 0 aliphatic rings. The molecule has 1 atom stereocenters. The molecule has 16 heavy (non-hydrogen) atoms. The third-order valence-corrected chi connectivity index (χ3v) is 1.88. The van der Waals surface area contributed by atoms with Gasteiger partial charge in [0.05, 0.1) is 18.2 Å². The SMILES string of the molecule is NC(CO)COc1ccccc1C(F)(F)F. The monoisotopic (exact) mass is 235 g/mol. The summed E-state index contributed by atoms with van der Waals surface area (Å²) >= 11 is 0. The summed E-state index contributed by atoms with van der Waals surface area (Å²) in [6.45, 7) is -0.502. The summed E-state index contributed by atoms with van der Waals surface area (Å²) in [7, 11) is 0. The average molecular weight is 235 g/mol. The van der Waals surface area contributed by atoms with Gasteiger partial charge in [0.15, 0.2) is 0 Å². The van der Waals surface area contributed by atoms with E-state index in [4.69, 9.17) is 15.6 Å². The van der Waals surface area contributed by atoms with Crippen LogP contribution in [0.2, 0.25) is 0 Å². The van der Waals surface area contributed by atoms with Gasteiger partial charge in [-0.15, -0.1) is 0 Å². The number of hydrogen-bond acceptors (Lipinski definition) is 3. The van der Waals surface area contributed by atoms with Crippen LogP contribution in [-0.4, -0.2) is 24.4 Å². The van der Waals surface area contributed by atoms with Crippen molar-refractivity contribution < 1.29 is 23.0 Å². The maximum atomic E-state index is 12.5. The average Bonchev–Trinajstić information content (AvgIpc) is 2.25. The molecule has 0 fully saturated rings. The number of aliphatic hydroxyl groups excluding tert-OH is 1. The van der Waals surface area contributed by atoms with Crippen LogP contribution in [0.1, 0.15) is 5.56 Å². The van der Waals surface area contributed by atoms with Gasteiger partial charge in [-0.1, -0.05) is 12.1 Å². The van der Waals surface area contributed by atoms with E-state index in [2.05, 4.69) is 0 Å². The molecule has 0 amide bonds. The minimum absolute atomic E-state index is 0.163. The van der Waals surface area contributed by atoms with Crippen LogP contribution >= 0.6 is 0 Å². The zero-order valence-corrected chi connectivity index (χ0v) is 8.37. The van der Waals surface area contributed by atoms with Crippen LogP contribution in [0.25, 0.3) is 0 Å². The summed E-state index contributed by atoms with van der Waals surface area (Å²) in [5.74, 6) is -0.279. The highest BCUT2D eigenvalue weighted by Gasteiger charge is 2.34. The van der Waals surface area contributed by atoms with Crippen LogP contribution in [0.5, 0.6) is 5.75 Å². The highest BCUT2D eigenvalue weighted by Crippen LogP contribution is 2.35. The van der Waals surface area contributed by atoms with Crippen LogP contribution in [-0.2, 0) is 6.18 Å². The van der Waals surface area contributed by atoms with E-state index < -0.39 is 17.8 Å². The van der Waals surface area contributed by atoms with Gasteiger partial charge < -0.3 is 15.6 Å². The van der Waals surface area contributed by atoms with Gasteiger partial charge in [0.2, 0.25) is 0 Å². The number of nitrogens with two attached hydrogens (primary N) is 1. The molecular weight excluding hydrogens is 223 g/mol. The number of alkyl halides is 3. The normalized spacial score (nSPS) is 13.6. The summed E-state index contributed by atoms with van der Waals surface area (Å²) in [6, 6.07) is 4.17. The zero-order valence-electron chi connectivity index (χ0n) is 8.37. The summed E-state index contributed by atoms with van der Waals surface area (Å²) in [5.41, 5.74) is 4.48. The van der Waals surface area contributed by atoms with Gasteiger partial charge >= 0.3 is 6.18 Å². The fourth-order valence-corrected chi connectivity index (χ4v) is 1.08. The second-order valence-electron chi connectivity index (χ2n) is 3.25. The van der Waals surface area contributed by atoms with E-state index in [0.29, 0.717) is 0 Å². The lowest BCUT2D eigenvalue weighted by atomic mass is 10.2. The molecule has 0 saturated carbocycles. The minimum Gasteiger partial charge on any atom is -0.491 e. The number of aliphatic hydroxyl groups is 1. The molecule has 0 bridgehead atoms. The second-order valence-corrected chi connectivity index (χ2v) is 3.25. The first kappa shape index (κ1) is 12.8. The maximum Gasteiger partial charge on any atom is 0.419 e. The molecule has 1 rings (SSSR count). The molecule has 90 valence electrons. The van der Waals surface area contributed by atoms with Crippen molar-refractivity contribution in [2.24, 2.45) is 5.73 Å². The minimum atomic E-state index is -4.46. The molecule has 1 aromatic rings. The quantitative estimate of drug-likeness (QED) is 0.829. The predicted octanol–water partition coefficient (Wildman–Crippen LogP) is 1.40. The molecule has 3 N–H and O–H groups in total. The molecule has 0 aliphatic carbocycles. The maximum absolute atomic E-state index is 12.5. The van der Waals surface area contributed by atoms with Crippen LogP contribution in [0.3, 0.4) is 0 Å². The lowest BCUT2D eigenvalue weighted by Crippen LogP contribution is -2.31. The van der Waals surface area contributed by atoms with Crippen molar-refractivity contribution in [2.75, 3.05) is 13.2 Å². The molecule has 3 nitrogen and oxygen atoms in total. The Labute approximate surface area is 90.6 Å². The Kier molecular flexibility index (Phi) is 4.14. The first-order chi connectivity index (χ1) is 7.45. The van der Waals surface area contributed by atoms with Gasteiger partial charge in [-0.05, 0) is 12.1 Å². The van der Waals surface area contributed by atoms with E-state index >= 15 is 0 Å². The molecule has 1 unspecified atom stereocenters. The van der Waals surface area contributed by atoms with Crippen LogP contribution < -0.4 is 10.5 Å². The summed E-state index contributed by atoms with van der Waals surface area (Å²) < 4.78 is 42.4. The summed E-state index contributed by atoms with van der Waals surface area (Å²) in [5, 5.41) is 8.61. The van der Waals surface area contributed by atoms with E-state index in [1.807, 2.05) is 0 Å². The van der Waals surface area contributed by atoms with Crippen molar-refractivity contribution in [1.82, 2.24) is 0 Å². The Hall–Kier alpha value is -1.27. The van der Waals surface area contributed by atoms with Gasteiger partial charge in [-0.3, -0.25) is 0 Å². The van der Waals surface area contributed by atoms with Gasteiger partial charge in [0, 0.05) is 0 Å². The Bertz CT molecular complexity index is 341. The molecule has 6 heteroatoms. The smallest absolute Gasteiger partial charge is 0.419 e. The molecule has 0 radical (unpaired) electrons. The van der Waals surface area contributed by atoms with Crippen molar-refractivity contribution >= 4 is 0 Å². The van der Waals surface area contributed by atoms with Gasteiger partial charge in [0.1, 0.15) is 12.4 Å². The summed E-state index contributed by atoms with van der Waals surface area (Å²) in [4.78, 5) is 0. The lowest BCUT2D eigenvalue weighted by molar-refractivity contribution is -0.139. The van der Waals surface area contributed by atoms with Crippen molar-refractivity contribution in [3.8, 4) is 5.75 Å². The predicted molar refractivity (Wildman–Crippen MR) is 52.0 cm³/mol.